The van der Waals surface area contributed by atoms with Gasteiger partial charge in [0.25, 0.3) is 0 Å². The first-order chi connectivity index (χ1) is 6.38. The van der Waals surface area contributed by atoms with Crippen molar-refractivity contribution in [3.8, 4) is 0 Å². The summed E-state index contributed by atoms with van der Waals surface area (Å²) in [6, 6.07) is 2.46. The molecule has 0 aromatic heterocycles. The number of halogens is 2. The summed E-state index contributed by atoms with van der Waals surface area (Å²) in [5, 5.41) is 0. The largest absolute Gasteiger partial charge is 0.204 e. The number of aryl methyl sites for hydroxylation is 1. The van der Waals surface area contributed by atoms with E-state index in [4.69, 9.17) is 0 Å². The predicted octanol–water partition coefficient (Wildman–Crippen LogP) is 3.74. The van der Waals surface area contributed by atoms with Crippen LogP contribution in [0.1, 0.15) is 25.0 Å². The van der Waals surface area contributed by atoms with Crippen molar-refractivity contribution >= 4 is 0 Å². The van der Waals surface area contributed by atoms with Crippen LogP contribution in [0.2, 0.25) is 0 Å². The topological polar surface area (TPSA) is 0 Å². The van der Waals surface area contributed by atoms with Crippen molar-refractivity contribution in [2.45, 2.75) is 26.2 Å². The zero-order valence-electron chi connectivity index (χ0n) is 8.70. The van der Waals surface area contributed by atoms with Gasteiger partial charge in [0.2, 0.25) is 0 Å². The number of benzene rings is 1. The molecule has 0 aliphatic heterocycles. The minimum Gasteiger partial charge on any atom is -0.204 e. The summed E-state index contributed by atoms with van der Waals surface area (Å²) >= 11 is 0. The molecule has 1 rings (SSSR count). The van der Waals surface area contributed by atoms with E-state index in [2.05, 4.69) is 6.58 Å². The molecule has 2 heteroatoms. The number of rotatable bonds is 2. The molecule has 0 fully saturated rings. The van der Waals surface area contributed by atoms with Crippen LogP contribution in [0.3, 0.4) is 0 Å². The van der Waals surface area contributed by atoms with Gasteiger partial charge in [-0.1, -0.05) is 19.9 Å². The molecule has 0 aliphatic carbocycles. The van der Waals surface area contributed by atoms with Gasteiger partial charge in [0.05, 0.1) is 0 Å². The van der Waals surface area contributed by atoms with Crippen LogP contribution in [0.15, 0.2) is 24.8 Å². The van der Waals surface area contributed by atoms with Crippen LogP contribution in [0.25, 0.3) is 0 Å². The summed E-state index contributed by atoms with van der Waals surface area (Å²) in [5.41, 5.74) is 1.18. The highest BCUT2D eigenvalue weighted by atomic mass is 19.2. The summed E-state index contributed by atoms with van der Waals surface area (Å²) in [6.45, 7) is 9.29. The van der Waals surface area contributed by atoms with Crippen LogP contribution in [-0.2, 0) is 5.41 Å². The highest BCUT2D eigenvalue weighted by molar-refractivity contribution is 5.36. The minimum absolute atomic E-state index is 0.335. The van der Waals surface area contributed by atoms with Gasteiger partial charge >= 0.3 is 0 Å². The van der Waals surface area contributed by atoms with E-state index in [1.54, 1.807) is 13.0 Å². The van der Waals surface area contributed by atoms with E-state index in [0.717, 1.165) is 11.1 Å². The lowest BCUT2D eigenvalue weighted by Gasteiger charge is -2.22. The summed E-state index contributed by atoms with van der Waals surface area (Å²) < 4.78 is 25.9. The summed E-state index contributed by atoms with van der Waals surface area (Å²) in [5.74, 6) is -1.60. The third-order valence-corrected chi connectivity index (χ3v) is 2.47. The predicted molar refractivity (Wildman–Crippen MR) is 54.3 cm³/mol. The molecule has 1 aromatic carbocycles. The molecule has 0 radical (unpaired) electrons. The first kappa shape index (κ1) is 10.9. The molecule has 0 heterocycles. The van der Waals surface area contributed by atoms with Gasteiger partial charge in [0, 0.05) is 5.41 Å². The van der Waals surface area contributed by atoms with Crippen molar-refractivity contribution in [1.29, 1.82) is 0 Å². The normalized spacial score (nSPS) is 11.5. The molecule has 1 aromatic rings. The fourth-order valence-corrected chi connectivity index (χ4v) is 1.45. The van der Waals surface area contributed by atoms with E-state index in [1.165, 1.54) is 12.1 Å². The Morgan fingerprint density at radius 1 is 1.21 bits per heavy atom. The molecule has 0 saturated heterocycles. The average Bonchev–Trinajstić information content (AvgIpc) is 2.11. The van der Waals surface area contributed by atoms with Crippen LogP contribution in [0, 0.1) is 18.6 Å². The standard InChI is InChI=1S/C12H14F2/c1-5-12(3,4)9-7-11(14)10(13)6-8(9)2/h5-7H,1H2,2-4H3. The molecular formula is C12H14F2. The van der Waals surface area contributed by atoms with E-state index in [1.807, 2.05) is 13.8 Å². The molecule has 0 bridgehead atoms. The fraction of sp³-hybridized carbons (Fsp3) is 0.333. The Labute approximate surface area is 83.3 Å². The molecule has 0 unspecified atom stereocenters. The van der Waals surface area contributed by atoms with E-state index in [-0.39, 0.29) is 5.41 Å². The molecule has 0 aliphatic rings. The van der Waals surface area contributed by atoms with Crippen LogP contribution >= 0.6 is 0 Å². The van der Waals surface area contributed by atoms with E-state index in [0.29, 0.717) is 0 Å². The highest BCUT2D eigenvalue weighted by Gasteiger charge is 2.20. The van der Waals surface area contributed by atoms with E-state index < -0.39 is 11.6 Å². The molecular weight excluding hydrogens is 182 g/mol. The van der Waals surface area contributed by atoms with Gasteiger partial charge in [-0.3, -0.25) is 0 Å². The van der Waals surface area contributed by atoms with E-state index >= 15 is 0 Å². The van der Waals surface area contributed by atoms with Gasteiger partial charge in [-0.25, -0.2) is 8.78 Å². The first-order valence-electron chi connectivity index (χ1n) is 4.48. The Morgan fingerprint density at radius 3 is 2.21 bits per heavy atom. The Kier molecular flexibility index (Phi) is 2.74. The van der Waals surface area contributed by atoms with Gasteiger partial charge in [0.1, 0.15) is 0 Å². The Hall–Kier alpha value is -1.18. The van der Waals surface area contributed by atoms with Crippen LogP contribution in [-0.4, -0.2) is 0 Å². The first-order valence-corrected chi connectivity index (χ1v) is 4.48. The van der Waals surface area contributed by atoms with Gasteiger partial charge in [-0.15, -0.1) is 6.58 Å². The molecule has 0 atom stereocenters. The molecule has 76 valence electrons. The van der Waals surface area contributed by atoms with Crippen molar-refractivity contribution < 1.29 is 8.78 Å². The maximum absolute atomic E-state index is 13.0. The third-order valence-electron chi connectivity index (χ3n) is 2.47. The highest BCUT2D eigenvalue weighted by Crippen LogP contribution is 2.28. The minimum atomic E-state index is -0.805. The van der Waals surface area contributed by atoms with Crippen LogP contribution in [0.4, 0.5) is 8.78 Å². The van der Waals surface area contributed by atoms with Crippen molar-refractivity contribution in [1.82, 2.24) is 0 Å². The Bertz CT molecular complexity index is 365. The van der Waals surface area contributed by atoms with E-state index in [9.17, 15) is 8.78 Å². The lowest BCUT2D eigenvalue weighted by Crippen LogP contribution is -2.15. The summed E-state index contributed by atoms with van der Waals surface area (Å²) in [7, 11) is 0. The molecule has 0 N–H and O–H groups in total. The van der Waals surface area contributed by atoms with Crippen molar-refractivity contribution in [3.63, 3.8) is 0 Å². The van der Waals surface area contributed by atoms with Gasteiger partial charge in [0.15, 0.2) is 11.6 Å². The summed E-state index contributed by atoms with van der Waals surface area (Å²) in [4.78, 5) is 0. The quantitative estimate of drug-likeness (QED) is 0.632. The van der Waals surface area contributed by atoms with Gasteiger partial charge < -0.3 is 0 Å². The monoisotopic (exact) mass is 196 g/mol. The van der Waals surface area contributed by atoms with Gasteiger partial charge in [-0.05, 0) is 30.2 Å². The van der Waals surface area contributed by atoms with Crippen molar-refractivity contribution in [2.75, 3.05) is 0 Å². The lowest BCUT2D eigenvalue weighted by molar-refractivity contribution is 0.501. The van der Waals surface area contributed by atoms with Crippen LogP contribution < -0.4 is 0 Å². The Balaban J connectivity index is 3.36. The maximum atomic E-state index is 13.0. The zero-order chi connectivity index (χ0) is 10.9. The number of hydrogen-bond donors (Lipinski definition) is 0. The number of allylic oxidation sites excluding steroid dienone is 1. The molecule has 14 heavy (non-hydrogen) atoms. The second kappa shape index (κ2) is 3.52. The average molecular weight is 196 g/mol. The second-order valence-corrected chi connectivity index (χ2v) is 4.01. The molecule has 0 nitrogen and oxygen atoms in total. The van der Waals surface area contributed by atoms with Crippen LogP contribution in [0.5, 0.6) is 0 Å². The van der Waals surface area contributed by atoms with Crippen molar-refractivity contribution in [3.05, 3.63) is 47.5 Å². The molecule has 0 spiro atoms. The fourth-order valence-electron chi connectivity index (χ4n) is 1.45. The number of hydrogen-bond acceptors (Lipinski definition) is 0. The van der Waals surface area contributed by atoms with Crippen molar-refractivity contribution in [2.24, 2.45) is 0 Å². The molecule has 0 saturated carbocycles. The lowest BCUT2D eigenvalue weighted by atomic mass is 9.82. The maximum Gasteiger partial charge on any atom is 0.159 e. The summed E-state index contributed by atoms with van der Waals surface area (Å²) in [6.07, 6.45) is 1.73. The SMILES string of the molecule is C=CC(C)(C)c1cc(F)c(F)cc1C. The van der Waals surface area contributed by atoms with Gasteiger partial charge in [-0.2, -0.15) is 0 Å². The molecule has 0 amide bonds. The second-order valence-electron chi connectivity index (χ2n) is 4.01. The third kappa shape index (κ3) is 1.84. The zero-order valence-corrected chi connectivity index (χ0v) is 8.70. The smallest absolute Gasteiger partial charge is 0.159 e. The Morgan fingerprint density at radius 2 is 1.71 bits per heavy atom.